The van der Waals surface area contributed by atoms with Crippen molar-refractivity contribution in [2.75, 3.05) is 0 Å². The van der Waals surface area contributed by atoms with Gasteiger partial charge in [-0.25, -0.2) is 5.84 Å². The second-order valence-corrected chi connectivity index (χ2v) is 3.48. The van der Waals surface area contributed by atoms with Crippen LogP contribution in [0, 0.1) is 22.7 Å². The van der Waals surface area contributed by atoms with Crippen molar-refractivity contribution in [3.8, 4) is 12.1 Å². The highest BCUT2D eigenvalue weighted by Gasteiger charge is 2.08. The summed E-state index contributed by atoms with van der Waals surface area (Å²) in [6.07, 6.45) is 0. The minimum absolute atomic E-state index is 0.0336. The number of rotatable bonds is 2. The largest absolute Gasteiger partial charge is 0.375 e. The highest BCUT2D eigenvalue weighted by molar-refractivity contribution is 7.80. The Morgan fingerprint density at radius 2 is 2.06 bits per heavy atom. The van der Waals surface area contributed by atoms with Crippen LogP contribution in [0.15, 0.2) is 18.2 Å². The van der Waals surface area contributed by atoms with Crippen molar-refractivity contribution in [3.05, 3.63) is 34.9 Å². The number of benzene rings is 1. The Morgan fingerprint density at radius 1 is 1.38 bits per heavy atom. The zero-order valence-corrected chi connectivity index (χ0v) is 9.16. The van der Waals surface area contributed by atoms with Crippen LogP contribution in [0.2, 0.25) is 0 Å². The van der Waals surface area contributed by atoms with E-state index in [0.29, 0.717) is 16.7 Å². The third-order valence-electron chi connectivity index (χ3n) is 1.98. The average molecular weight is 231 g/mol. The topological polar surface area (TPSA) is 103 Å². The summed E-state index contributed by atoms with van der Waals surface area (Å²) in [7, 11) is 0. The van der Waals surface area contributed by atoms with Crippen LogP contribution in [0.1, 0.15) is 16.7 Å². The number of nitrogens with zero attached hydrogens (tertiary/aromatic N) is 3. The Kier molecular flexibility index (Phi) is 3.78. The third-order valence-corrected chi connectivity index (χ3v) is 2.21. The first-order valence-electron chi connectivity index (χ1n) is 4.33. The molecule has 0 saturated carbocycles. The van der Waals surface area contributed by atoms with Gasteiger partial charge < -0.3 is 5.73 Å². The minimum atomic E-state index is 0.0336. The van der Waals surface area contributed by atoms with Crippen molar-refractivity contribution in [1.29, 1.82) is 10.5 Å². The SMILES string of the molecule is N#Cc1ccc(C#N)c(CN(N)C(N)=S)c1. The Balaban J connectivity index is 3.07. The summed E-state index contributed by atoms with van der Waals surface area (Å²) in [6, 6.07) is 8.74. The molecule has 4 N–H and O–H groups in total. The normalized spacial score (nSPS) is 8.94. The van der Waals surface area contributed by atoms with Gasteiger partial charge in [-0.1, -0.05) is 0 Å². The molecule has 0 bridgehead atoms. The van der Waals surface area contributed by atoms with Crippen LogP contribution in [0.4, 0.5) is 0 Å². The molecule has 1 rings (SSSR count). The van der Waals surface area contributed by atoms with Gasteiger partial charge in [0.25, 0.3) is 0 Å². The van der Waals surface area contributed by atoms with Gasteiger partial charge in [0.2, 0.25) is 0 Å². The van der Waals surface area contributed by atoms with Gasteiger partial charge in [-0.15, -0.1) is 0 Å². The van der Waals surface area contributed by atoms with E-state index >= 15 is 0 Å². The number of nitriles is 2. The third kappa shape index (κ3) is 2.67. The van der Waals surface area contributed by atoms with E-state index in [0.717, 1.165) is 5.01 Å². The first-order valence-corrected chi connectivity index (χ1v) is 4.74. The van der Waals surface area contributed by atoms with Gasteiger partial charge >= 0.3 is 0 Å². The molecule has 0 atom stereocenters. The van der Waals surface area contributed by atoms with E-state index in [1.165, 1.54) is 0 Å². The quantitative estimate of drug-likeness (QED) is 0.432. The molecule has 6 heteroatoms. The van der Waals surface area contributed by atoms with Crippen LogP contribution in [-0.4, -0.2) is 10.1 Å². The molecule has 0 heterocycles. The van der Waals surface area contributed by atoms with E-state index in [9.17, 15) is 0 Å². The molecule has 1 aromatic rings. The first kappa shape index (κ1) is 11.9. The summed E-state index contributed by atoms with van der Waals surface area (Å²) in [5, 5.41) is 18.8. The number of nitrogens with two attached hydrogens (primary N) is 2. The zero-order chi connectivity index (χ0) is 12.1. The molecular weight excluding hydrogens is 222 g/mol. The monoisotopic (exact) mass is 231 g/mol. The molecule has 0 aliphatic carbocycles. The molecule has 0 saturated heterocycles. The van der Waals surface area contributed by atoms with Gasteiger partial charge in [-0.3, -0.25) is 5.01 Å². The van der Waals surface area contributed by atoms with Crippen molar-refractivity contribution in [1.82, 2.24) is 5.01 Å². The van der Waals surface area contributed by atoms with E-state index in [4.69, 9.17) is 22.1 Å². The summed E-state index contributed by atoms with van der Waals surface area (Å²) in [4.78, 5) is 0. The van der Waals surface area contributed by atoms with E-state index in [-0.39, 0.29) is 11.7 Å². The molecule has 5 nitrogen and oxygen atoms in total. The standard InChI is InChI=1S/C10H9N5S/c11-4-7-1-2-8(5-12)9(3-7)6-15(14)10(13)16/h1-3H,6,14H2,(H2,13,16). The number of hydrogen-bond donors (Lipinski definition) is 2. The van der Waals surface area contributed by atoms with Crippen LogP contribution < -0.4 is 11.6 Å². The predicted octanol–water partition coefficient (Wildman–Crippen LogP) is 0.349. The molecule has 0 spiro atoms. The minimum Gasteiger partial charge on any atom is -0.375 e. The molecular formula is C10H9N5S. The summed E-state index contributed by atoms with van der Waals surface area (Å²) in [6.45, 7) is 0.202. The fourth-order valence-electron chi connectivity index (χ4n) is 1.16. The van der Waals surface area contributed by atoms with Crippen molar-refractivity contribution in [3.63, 3.8) is 0 Å². The highest BCUT2D eigenvalue weighted by atomic mass is 32.1. The average Bonchev–Trinajstić information content (AvgIpc) is 2.28. The zero-order valence-electron chi connectivity index (χ0n) is 8.34. The fraction of sp³-hybridized carbons (Fsp3) is 0.100. The highest BCUT2D eigenvalue weighted by Crippen LogP contribution is 2.12. The predicted molar refractivity (Wildman–Crippen MR) is 62.4 cm³/mol. The molecule has 16 heavy (non-hydrogen) atoms. The van der Waals surface area contributed by atoms with E-state index in [1.807, 2.05) is 12.1 Å². The molecule has 0 aliphatic heterocycles. The summed E-state index contributed by atoms with van der Waals surface area (Å²) >= 11 is 4.69. The molecule has 80 valence electrons. The second kappa shape index (κ2) is 5.08. The van der Waals surface area contributed by atoms with Gasteiger partial charge in [-0.05, 0) is 36.0 Å². The summed E-state index contributed by atoms with van der Waals surface area (Å²) in [5.41, 5.74) is 6.87. The maximum atomic E-state index is 8.88. The van der Waals surface area contributed by atoms with Crippen molar-refractivity contribution < 1.29 is 0 Å². The lowest BCUT2D eigenvalue weighted by Gasteiger charge is -2.16. The van der Waals surface area contributed by atoms with Crippen molar-refractivity contribution in [2.45, 2.75) is 6.54 Å². The molecule has 0 aliphatic rings. The van der Waals surface area contributed by atoms with Crippen LogP contribution in [0.5, 0.6) is 0 Å². The molecule has 0 amide bonds. The summed E-state index contributed by atoms with van der Waals surface area (Å²) < 4.78 is 0. The van der Waals surface area contributed by atoms with Gasteiger partial charge in [0.1, 0.15) is 0 Å². The number of hydrazine groups is 1. The molecule has 0 aromatic heterocycles. The smallest absolute Gasteiger partial charge is 0.180 e. The van der Waals surface area contributed by atoms with Gasteiger partial charge in [0.15, 0.2) is 5.11 Å². The second-order valence-electron chi connectivity index (χ2n) is 3.06. The summed E-state index contributed by atoms with van der Waals surface area (Å²) in [5.74, 6) is 5.54. The lowest BCUT2D eigenvalue weighted by molar-refractivity contribution is 0.437. The number of hydrogen-bond acceptors (Lipinski definition) is 4. The lowest BCUT2D eigenvalue weighted by atomic mass is 10.1. The Morgan fingerprint density at radius 3 is 2.56 bits per heavy atom. The Hall–Kier alpha value is -2.15. The van der Waals surface area contributed by atoms with Crippen molar-refractivity contribution >= 4 is 17.3 Å². The molecule has 0 fully saturated rings. The lowest BCUT2D eigenvalue weighted by Crippen LogP contribution is -2.40. The Bertz CT molecular complexity index is 497. The van der Waals surface area contributed by atoms with Gasteiger partial charge in [-0.2, -0.15) is 10.5 Å². The van der Waals surface area contributed by atoms with Crippen molar-refractivity contribution in [2.24, 2.45) is 11.6 Å². The molecule has 0 radical (unpaired) electrons. The van der Waals surface area contributed by atoms with Crippen LogP contribution in [0.3, 0.4) is 0 Å². The van der Waals surface area contributed by atoms with Gasteiger partial charge in [0, 0.05) is 0 Å². The van der Waals surface area contributed by atoms with Crippen LogP contribution in [0.25, 0.3) is 0 Å². The van der Waals surface area contributed by atoms with E-state index < -0.39 is 0 Å². The van der Waals surface area contributed by atoms with E-state index in [1.54, 1.807) is 18.2 Å². The number of thiocarbonyl (C=S) groups is 1. The van der Waals surface area contributed by atoms with Crippen LogP contribution >= 0.6 is 12.2 Å². The first-order chi connectivity index (χ1) is 7.58. The molecule has 0 unspecified atom stereocenters. The van der Waals surface area contributed by atoms with Crippen LogP contribution in [-0.2, 0) is 6.54 Å². The fourth-order valence-corrected chi connectivity index (χ4v) is 1.23. The maximum Gasteiger partial charge on any atom is 0.180 e. The Labute approximate surface area is 98.4 Å². The molecule has 1 aromatic carbocycles. The maximum absolute atomic E-state index is 8.88. The van der Waals surface area contributed by atoms with E-state index in [2.05, 4.69) is 12.2 Å². The van der Waals surface area contributed by atoms with Gasteiger partial charge in [0.05, 0.1) is 29.8 Å².